The minimum atomic E-state index is -2.72. The summed E-state index contributed by atoms with van der Waals surface area (Å²) in [5.74, 6) is -1.92. The van der Waals surface area contributed by atoms with Gasteiger partial charge in [-0.1, -0.05) is 12.8 Å². The van der Waals surface area contributed by atoms with Crippen LogP contribution < -0.4 is 5.73 Å². The summed E-state index contributed by atoms with van der Waals surface area (Å²) in [7, 11) is 1.73. The Labute approximate surface area is 78.1 Å². The molecule has 4 heteroatoms. The lowest BCUT2D eigenvalue weighted by atomic mass is 10.2. The van der Waals surface area contributed by atoms with E-state index in [0.29, 0.717) is 0 Å². The third kappa shape index (κ3) is 4.52. The Morgan fingerprint density at radius 1 is 1.46 bits per heavy atom. The largest absolute Gasteiger partial charge is 0.325 e. The van der Waals surface area contributed by atoms with Gasteiger partial charge in [0.2, 0.25) is 0 Å². The maximum Gasteiger partial charge on any atom is 0.272 e. The van der Waals surface area contributed by atoms with Crippen LogP contribution in [0.3, 0.4) is 0 Å². The lowest BCUT2D eigenvalue weighted by Crippen LogP contribution is -2.40. The summed E-state index contributed by atoms with van der Waals surface area (Å²) in [4.78, 5) is 1.67. The Morgan fingerprint density at radius 2 is 2.08 bits per heavy atom. The average molecular weight is 192 g/mol. The molecular formula is C9H18F2N2. The van der Waals surface area contributed by atoms with Crippen LogP contribution in [-0.2, 0) is 0 Å². The monoisotopic (exact) mass is 192 g/mol. The summed E-state index contributed by atoms with van der Waals surface area (Å²) in [6.45, 7) is -0.00273. The molecule has 0 aliphatic heterocycles. The second-order valence-corrected chi connectivity index (χ2v) is 4.03. The fourth-order valence-electron chi connectivity index (χ4n) is 1.35. The Bertz CT molecular complexity index is 158. The van der Waals surface area contributed by atoms with Crippen LogP contribution in [0.4, 0.5) is 8.78 Å². The highest BCUT2D eigenvalue weighted by Gasteiger charge is 2.29. The Hall–Kier alpha value is -0.220. The van der Waals surface area contributed by atoms with E-state index in [-0.39, 0.29) is 6.54 Å². The van der Waals surface area contributed by atoms with Crippen LogP contribution in [0, 0.1) is 5.92 Å². The zero-order chi connectivity index (χ0) is 9.90. The van der Waals surface area contributed by atoms with Gasteiger partial charge in [0.15, 0.2) is 0 Å². The molecule has 0 aromatic rings. The molecule has 2 N–H and O–H groups in total. The SMILES string of the molecule is CN(CCC1CC1)CC(F)(F)CN. The van der Waals surface area contributed by atoms with E-state index in [0.717, 1.165) is 18.9 Å². The number of rotatable bonds is 6. The predicted molar refractivity (Wildman–Crippen MR) is 48.8 cm³/mol. The van der Waals surface area contributed by atoms with Crippen molar-refractivity contribution in [2.24, 2.45) is 11.7 Å². The molecule has 0 saturated heterocycles. The molecule has 0 unspecified atom stereocenters. The molecule has 13 heavy (non-hydrogen) atoms. The van der Waals surface area contributed by atoms with Crippen molar-refractivity contribution in [2.75, 3.05) is 26.7 Å². The first-order valence-corrected chi connectivity index (χ1v) is 4.80. The summed E-state index contributed by atoms with van der Waals surface area (Å²) < 4.78 is 25.6. The molecule has 0 amide bonds. The summed E-state index contributed by atoms with van der Waals surface area (Å²) >= 11 is 0. The second-order valence-electron chi connectivity index (χ2n) is 4.03. The van der Waals surface area contributed by atoms with Crippen molar-refractivity contribution in [1.29, 1.82) is 0 Å². The van der Waals surface area contributed by atoms with Crippen LogP contribution >= 0.6 is 0 Å². The number of alkyl halides is 2. The number of halogens is 2. The number of nitrogens with zero attached hydrogens (tertiary/aromatic N) is 1. The van der Waals surface area contributed by atoms with Crippen LogP contribution in [0.25, 0.3) is 0 Å². The average Bonchev–Trinajstić information content (AvgIpc) is 2.83. The summed E-state index contributed by atoms with van der Waals surface area (Å²) in [5.41, 5.74) is 4.95. The second kappa shape index (κ2) is 4.33. The first-order chi connectivity index (χ1) is 6.03. The minimum absolute atomic E-state index is 0.212. The lowest BCUT2D eigenvalue weighted by Gasteiger charge is -2.22. The molecule has 1 aliphatic rings. The third-order valence-corrected chi connectivity index (χ3v) is 2.42. The molecule has 1 rings (SSSR count). The van der Waals surface area contributed by atoms with Gasteiger partial charge in [-0.05, 0) is 25.9 Å². The van der Waals surface area contributed by atoms with Gasteiger partial charge in [0.25, 0.3) is 5.92 Å². The smallest absolute Gasteiger partial charge is 0.272 e. The van der Waals surface area contributed by atoms with Gasteiger partial charge in [-0.3, -0.25) is 0 Å². The molecule has 0 aromatic heterocycles. The molecule has 0 atom stereocenters. The lowest BCUT2D eigenvalue weighted by molar-refractivity contribution is -0.0178. The fourth-order valence-corrected chi connectivity index (χ4v) is 1.35. The van der Waals surface area contributed by atoms with E-state index in [1.54, 1.807) is 11.9 Å². The highest BCUT2D eigenvalue weighted by atomic mass is 19.3. The van der Waals surface area contributed by atoms with Crippen molar-refractivity contribution in [3.63, 3.8) is 0 Å². The van der Waals surface area contributed by atoms with E-state index in [2.05, 4.69) is 0 Å². The van der Waals surface area contributed by atoms with Gasteiger partial charge >= 0.3 is 0 Å². The fraction of sp³-hybridized carbons (Fsp3) is 1.00. The van der Waals surface area contributed by atoms with Crippen molar-refractivity contribution in [3.8, 4) is 0 Å². The molecule has 0 aromatic carbocycles. The number of hydrogen-bond acceptors (Lipinski definition) is 2. The summed E-state index contributed by atoms with van der Waals surface area (Å²) in [6.07, 6.45) is 3.61. The van der Waals surface area contributed by atoms with Gasteiger partial charge in [0.05, 0.1) is 13.1 Å². The molecule has 1 aliphatic carbocycles. The standard InChI is InChI=1S/C9H18F2N2/c1-13(5-4-8-2-3-8)7-9(10,11)6-12/h8H,2-7,12H2,1H3. The Kier molecular flexibility index (Phi) is 3.62. The predicted octanol–water partition coefficient (Wildman–Crippen LogP) is 1.31. The van der Waals surface area contributed by atoms with E-state index >= 15 is 0 Å². The van der Waals surface area contributed by atoms with Crippen molar-refractivity contribution < 1.29 is 8.78 Å². The van der Waals surface area contributed by atoms with Gasteiger partial charge in [-0.25, -0.2) is 8.78 Å². The first-order valence-electron chi connectivity index (χ1n) is 4.80. The first kappa shape index (κ1) is 10.9. The highest BCUT2D eigenvalue weighted by molar-refractivity contribution is 4.76. The van der Waals surface area contributed by atoms with Crippen LogP contribution in [0.1, 0.15) is 19.3 Å². The van der Waals surface area contributed by atoms with Gasteiger partial charge < -0.3 is 10.6 Å². The summed E-state index contributed by atoms with van der Waals surface area (Å²) in [5, 5.41) is 0. The van der Waals surface area contributed by atoms with Crippen molar-refractivity contribution >= 4 is 0 Å². The molecule has 2 nitrogen and oxygen atoms in total. The molecule has 1 fully saturated rings. The van der Waals surface area contributed by atoms with E-state index < -0.39 is 12.5 Å². The van der Waals surface area contributed by atoms with Gasteiger partial charge in [-0.2, -0.15) is 0 Å². The molecule has 0 heterocycles. The molecule has 0 spiro atoms. The van der Waals surface area contributed by atoms with Crippen molar-refractivity contribution in [2.45, 2.75) is 25.2 Å². The molecule has 78 valence electrons. The van der Waals surface area contributed by atoms with Crippen LogP contribution in [0.15, 0.2) is 0 Å². The third-order valence-electron chi connectivity index (χ3n) is 2.42. The van der Waals surface area contributed by atoms with Crippen molar-refractivity contribution in [1.82, 2.24) is 4.90 Å². The molecule has 1 saturated carbocycles. The topological polar surface area (TPSA) is 29.3 Å². The highest BCUT2D eigenvalue weighted by Crippen LogP contribution is 2.32. The van der Waals surface area contributed by atoms with Gasteiger partial charge in [-0.15, -0.1) is 0 Å². The van der Waals surface area contributed by atoms with E-state index in [9.17, 15) is 8.78 Å². The number of hydrogen-bond donors (Lipinski definition) is 1. The zero-order valence-corrected chi connectivity index (χ0v) is 8.10. The number of nitrogens with two attached hydrogens (primary N) is 1. The van der Waals surface area contributed by atoms with Crippen LogP contribution in [0.2, 0.25) is 0 Å². The minimum Gasteiger partial charge on any atom is -0.325 e. The summed E-state index contributed by atoms with van der Waals surface area (Å²) in [6, 6.07) is 0. The molecule has 0 radical (unpaired) electrons. The maximum absolute atomic E-state index is 12.8. The van der Waals surface area contributed by atoms with Crippen LogP contribution in [0.5, 0.6) is 0 Å². The zero-order valence-electron chi connectivity index (χ0n) is 8.10. The maximum atomic E-state index is 12.8. The van der Waals surface area contributed by atoms with E-state index in [1.807, 2.05) is 0 Å². The molecular weight excluding hydrogens is 174 g/mol. The van der Waals surface area contributed by atoms with Crippen LogP contribution in [-0.4, -0.2) is 37.5 Å². The Morgan fingerprint density at radius 3 is 2.54 bits per heavy atom. The van der Waals surface area contributed by atoms with Gasteiger partial charge in [0, 0.05) is 0 Å². The van der Waals surface area contributed by atoms with Gasteiger partial charge in [0.1, 0.15) is 0 Å². The van der Waals surface area contributed by atoms with Crippen molar-refractivity contribution in [3.05, 3.63) is 0 Å². The van der Waals surface area contributed by atoms with E-state index in [1.165, 1.54) is 12.8 Å². The molecule has 0 bridgehead atoms. The van der Waals surface area contributed by atoms with E-state index in [4.69, 9.17) is 5.73 Å². The quantitative estimate of drug-likeness (QED) is 0.687. The Balaban J connectivity index is 2.11. The normalized spacial score (nSPS) is 18.2.